The molecule has 0 amide bonds. The van der Waals surface area contributed by atoms with Crippen LogP contribution >= 0.6 is 0 Å². The van der Waals surface area contributed by atoms with Crippen LogP contribution in [0, 0.1) is 27.7 Å². The van der Waals surface area contributed by atoms with Crippen molar-refractivity contribution in [2.45, 2.75) is 48.5 Å². The van der Waals surface area contributed by atoms with Crippen LogP contribution in [0.5, 0.6) is 0 Å². The zero-order valence-electron chi connectivity index (χ0n) is 32.0. The predicted molar refractivity (Wildman–Crippen MR) is 227 cm³/mol. The minimum absolute atomic E-state index is 0.559. The average molecular weight is 690 g/mol. The molecule has 0 unspecified atom stereocenters. The summed E-state index contributed by atoms with van der Waals surface area (Å²) in [6, 6.07) is 36.3. The molecule has 3 nitrogen and oxygen atoms in total. The molecule has 0 aliphatic carbocycles. The number of hydrogen-bond donors (Lipinski definition) is 0. The van der Waals surface area contributed by atoms with Crippen molar-refractivity contribution >= 4 is 11.1 Å². The quantitative estimate of drug-likeness (QED) is 0.134. The third-order valence-electron chi connectivity index (χ3n) is 9.92. The van der Waals surface area contributed by atoms with Gasteiger partial charge in [0.2, 0.25) is 0 Å². The van der Waals surface area contributed by atoms with Gasteiger partial charge in [-0.25, -0.2) is 15.0 Å². The van der Waals surface area contributed by atoms with Gasteiger partial charge in [0.1, 0.15) is 0 Å². The minimum atomic E-state index is 0.559. The number of hydrogen-bond acceptors (Lipinski definition) is 3. The minimum Gasteiger partial charge on any atom is -0.208 e. The third-order valence-corrected chi connectivity index (χ3v) is 9.92. The van der Waals surface area contributed by atoms with E-state index in [1.807, 2.05) is 36.4 Å². The summed E-state index contributed by atoms with van der Waals surface area (Å²) in [5.41, 5.74) is 18.8. The average Bonchev–Trinajstić information content (AvgIpc) is 3.19. The molecular formula is C50H47N3. The SMILES string of the molecule is C=C/C=C(\C=C)c1nc(-c2ccccc2)nc(-c2ccc(-c3c(C)c(C)c(-c4cc(/C(C=C(C)C)=C/C)cc(-c5ccccc5)c4)c(C)c3C)cc2)n1. The van der Waals surface area contributed by atoms with Crippen molar-refractivity contribution in [3.8, 4) is 56.2 Å². The van der Waals surface area contributed by atoms with E-state index in [1.54, 1.807) is 12.2 Å². The van der Waals surface area contributed by atoms with Crippen molar-refractivity contribution in [3.63, 3.8) is 0 Å². The lowest BCUT2D eigenvalue weighted by Gasteiger charge is -2.22. The Balaban J connectivity index is 1.46. The first kappa shape index (κ1) is 36.6. The molecule has 0 atom stereocenters. The maximum atomic E-state index is 4.91. The summed E-state index contributed by atoms with van der Waals surface area (Å²) in [5, 5.41) is 0. The molecule has 0 fully saturated rings. The molecule has 262 valence electrons. The smallest absolute Gasteiger partial charge is 0.164 e. The lowest BCUT2D eigenvalue weighted by Crippen LogP contribution is -2.02. The highest BCUT2D eigenvalue weighted by Gasteiger charge is 2.20. The molecule has 6 aromatic rings. The van der Waals surface area contributed by atoms with Crippen molar-refractivity contribution in [3.05, 3.63) is 186 Å². The van der Waals surface area contributed by atoms with Gasteiger partial charge in [0, 0.05) is 16.7 Å². The predicted octanol–water partition coefficient (Wildman–Crippen LogP) is 13.6. The first-order valence-electron chi connectivity index (χ1n) is 18.1. The number of allylic oxidation sites excluding steroid dienone is 8. The van der Waals surface area contributed by atoms with Crippen LogP contribution in [0.2, 0.25) is 0 Å². The molecule has 6 rings (SSSR count). The van der Waals surface area contributed by atoms with Crippen molar-refractivity contribution in [1.82, 2.24) is 15.0 Å². The molecule has 0 saturated carbocycles. The molecule has 53 heavy (non-hydrogen) atoms. The van der Waals surface area contributed by atoms with E-state index in [1.165, 1.54) is 66.8 Å². The maximum Gasteiger partial charge on any atom is 0.164 e. The lowest BCUT2D eigenvalue weighted by molar-refractivity contribution is 1.04. The Morgan fingerprint density at radius 2 is 1.02 bits per heavy atom. The van der Waals surface area contributed by atoms with Gasteiger partial charge in [-0.15, -0.1) is 0 Å². The van der Waals surface area contributed by atoms with Crippen LogP contribution in [-0.2, 0) is 0 Å². The fraction of sp³-hybridized carbons (Fsp3) is 0.140. The van der Waals surface area contributed by atoms with E-state index in [2.05, 4.69) is 147 Å². The molecule has 0 aliphatic rings. The molecule has 0 bridgehead atoms. The van der Waals surface area contributed by atoms with E-state index in [9.17, 15) is 0 Å². The van der Waals surface area contributed by atoms with Crippen LogP contribution in [0.4, 0.5) is 0 Å². The van der Waals surface area contributed by atoms with E-state index < -0.39 is 0 Å². The number of aromatic nitrogens is 3. The molecule has 1 heterocycles. The first-order valence-corrected chi connectivity index (χ1v) is 18.1. The van der Waals surface area contributed by atoms with Gasteiger partial charge in [0.15, 0.2) is 17.5 Å². The molecule has 0 saturated heterocycles. The number of nitrogens with zero attached hydrogens (tertiary/aromatic N) is 3. The first-order chi connectivity index (χ1) is 25.6. The van der Waals surface area contributed by atoms with Gasteiger partial charge in [-0.2, -0.15) is 0 Å². The zero-order valence-corrected chi connectivity index (χ0v) is 32.0. The van der Waals surface area contributed by atoms with E-state index >= 15 is 0 Å². The molecule has 3 heteroatoms. The zero-order chi connectivity index (χ0) is 37.6. The van der Waals surface area contributed by atoms with Crippen molar-refractivity contribution < 1.29 is 0 Å². The van der Waals surface area contributed by atoms with E-state index in [4.69, 9.17) is 15.0 Å². The van der Waals surface area contributed by atoms with Crippen molar-refractivity contribution in [1.29, 1.82) is 0 Å². The molecule has 0 spiro atoms. The van der Waals surface area contributed by atoms with Crippen molar-refractivity contribution in [2.24, 2.45) is 0 Å². The highest BCUT2D eigenvalue weighted by Crippen LogP contribution is 2.41. The number of rotatable bonds is 10. The Labute approximate surface area is 315 Å². The summed E-state index contributed by atoms with van der Waals surface area (Å²) in [6.07, 6.45) is 9.82. The molecular weight excluding hydrogens is 643 g/mol. The van der Waals surface area contributed by atoms with E-state index in [0.29, 0.717) is 17.5 Å². The van der Waals surface area contributed by atoms with Crippen LogP contribution in [0.3, 0.4) is 0 Å². The standard InChI is InChI=1S/C50H47N3/c1-10-19-37(11-2)48-51-49(41-22-17-14-18-23-41)53-50(52-48)42-26-24-40(25-27-42)46-33(6)35(8)47(36(9)34(46)7)45-30-43(38(12-3)28-32(4)5)29-44(31-45)39-20-15-13-16-21-39/h10-31H,1-2H2,3-9H3/b37-19+,38-12+. The van der Waals surface area contributed by atoms with Crippen LogP contribution in [0.15, 0.2) is 152 Å². The Kier molecular flexibility index (Phi) is 11.1. The van der Waals surface area contributed by atoms with Gasteiger partial charge in [0.05, 0.1) is 0 Å². The highest BCUT2D eigenvalue weighted by atomic mass is 15.0. The third kappa shape index (κ3) is 7.71. The molecule has 1 aromatic heterocycles. The second kappa shape index (κ2) is 16.0. The van der Waals surface area contributed by atoms with Crippen molar-refractivity contribution in [2.75, 3.05) is 0 Å². The highest BCUT2D eigenvalue weighted by molar-refractivity contribution is 5.88. The van der Waals surface area contributed by atoms with E-state index in [-0.39, 0.29) is 0 Å². The van der Waals surface area contributed by atoms with Crippen LogP contribution < -0.4 is 0 Å². The number of benzene rings is 5. The Morgan fingerprint density at radius 1 is 0.528 bits per heavy atom. The molecule has 5 aromatic carbocycles. The second-order valence-corrected chi connectivity index (χ2v) is 13.7. The summed E-state index contributed by atoms with van der Waals surface area (Å²) in [5.74, 6) is 1.78. The Bertz CT molecular complexity index is 2380. The van der Waals surface area contributed by atoms with Gasteiger partial charge in [-0.3, -0.25) is 0 Å². The van der Waals surface area contributed by atoms with Gasteiger partial charge < -0.3 is 0 Å². The fourth-order valence-corrected chi connectivity index (χ4v) is 7.06. The summed E-state index contributed by atoms with van der Waals surface area (Å²) < 4.78 is 0. The summed E-state index contributed by atoms with van der Waals surface area (Å²) in [4.78, 5) is 14.6. The topological polar surface area (TPSA) is 38.7 Å². The fourth-order valence-electron chi connectivity index (χ4n) is 7.06. The Hall–Kier alpha value is -6.19. The maximum absolute atomic E-state index is 4.91. The normalized spacial score (nSPS) is 11.7. The van der Waals surface area contributed by atoms with Crippen LogP contribution in [0.1, 0.15) is 54.4 Å². The molecule has 0 aliphatic heterocycles. The van der Waals surface area contributed by atoms with Gasteiger partial charge in [-0.1, -0.05) is 134 Å². The van der Waals surface area contributed by atoms with Crippen LogP contribution in [-0.4, -0.2) is 15.0 Å². The Morgan fingerprint density at radius 3 is 1.53 bits per heavy atom. The summed E-state index contributed by atoms with van der Waals surface area (Å²) in [6.45, 7) is 23.3. The van der Waals surface area contributed by atoms with Gasteiger partial charge in [-0.05, 0) is 133 Å². The monoisotopic (exact) mass is 689 g/mol. The summed E-state index contributed by atoms with van der Waals surface area (Å²) >= 11 is 0. The summed E-state index contributed by atoms with van der Waals surface area (Å²) in [7, 11) is 0. The molecule has 0 N–H and O–H groups in total. The van der Waals surface area contributed by atoms with E-state index in [0.717, 1.165) is 22.3 Å². The van der Waals surface area contributed by atoms with Gasteiger partial charge in [0.25, 0.3) is 0 Å². The van der Waals surface area contributed by atoms with Crippen LogP contribution in [0.25, 0.3) is 67.3 Å². The second-order valence-electron chi connectivity index (χ2n) is 13.7. The lowest BCUT2D eigenvalue weighted by atomic mass is 9.82. The molecule has 0 radical (unpaired) electrons. The largest absolute Gasteiger partial charge is 0.208 e. The van der Waals surface area contributed by atoms with Gasteiger partial charge >= 0.3 is 0 Å².